The first-order valence-corrected chi connectivity index (χ1v) is 5.30. The lowest BCUT2D eigenvalue weighted by Gasteiger charge is -2.26. The Labute approximate surface area is 92.4 Å². The summed E-state index contributed by atoms with van der Waals surface area (Å²) < 4.78 is 13.1. The first kappa shape index (κ1) is 10.4. The summed E-state index contributed by atoms with van der Waals surface area (Å²) in [6.07, 6.45) is 3.18. The zero-order valence-electron chi connectivity index (χ0n) is 8.09. The topological polar surface area (TPSA) is 29.1 Å². The fourth-order valence-electron chi connectivity index (χ4n) is 1.46. The first-order valence-electron chi connectivity index (χ1n) is 4.93. The molecule has 15 heavy (non-hydrogen) atoms. The minimum absolute atomic E-state index is 0.0372. The second-order valence-electron chi connectivity index (χ2n) is 3.73. The van der Waals surface area contributed by atoms with Crippen molar-refractivity contribution >= 4 is 17.5 Å². The molecule has 1 N–H and O–H groups in total. The van der Waals surface area contributed by atoms with Crippen molar-refractivity contribution in [3.63, 3.8) is 0 Å². The molecule has 0 unspecified atom stereocenters. The molecule has 4 heteroatoms. The maximum atomic E-state index is 13.1. The van der Waals surface area contributed by atoms with E-state index < -0.39 is 5.82 Å². The van der Waals surface area contributed by atoms with E-state index in [1.165, 1.54) is 12.1 Å². The van der Waals surface area contributed by atoms with E-state index in [1.54, 1.807) is 0 Å². The molecule has 0 saturated heterocycles. The van der Waals surface area contributed by atoms with Crippen molar-refractivity contribution in [1.29, 1.82) is 0 Å². The summed E-state index contributed by atoms with van der Waals surface area (Å²) >= 11 is 5.52. The standard InChI is InChI=1S/C11H11ClFNO/c12-9-5-4-7(6-10(9)13)11(15)14-8-2-1-3-8/h4-6,8H,1-3H2,(H,14,15). The minimum Gasteiger partial charge on any atom is -0.349 e. The number of nitrogens with one attached hydrogen (secondary N) is 1. The number of amides is 1. The van der Waals surface area contributed by atoms with Crippen molar-refractivity contribution in [3.8, 4) is 0 Å². The Morgan fingerprint density at radius 2 is 2.20 bits per heavy atom. The van der Waals surface area contributed by atoms with Crippen LogP contribution in [0.4, 0.5) is 4.39 Å². The third-order valence-corrected chi connectivity index (χ3v) is 2.93. The summed E-state index contributed by atoms with van der Waals surface area (Å²) in [4.78, 5) is 11.6. The molecule has 0 aliphatic heterocycles. The van der Waals surface area contributed by atoms with E-state index in [9.17, 15) is 9.18 Å². The van der Waals surface area contributed by atoms with Crippen molar-refractivity contribution in [1.82, 2.24) is 5.32 Å². The van der Waals surface area contributed by atoms with Gasteiger partial charge in [0.15, 0.2) is 0 Å². The van der Waals surface area contributed by atoms with Crippen molar-refractivity contribution < 1.29 is 9.18 Å². The van der Waals surface area contributed by atoms with Gasteiger partial charge in [-0.1, -0.05) is 11.6 Å². The molecular weight excluding hydrogens is 217 g/mol. The van der Waals surface area contributed by atoms with Gasteiger partial charge in [0.25, 0.3) is 5.91 Å². The summed E-state index contributed by atoms with van der Waals surface area (Å²) in [5.74, 6) is -0.784. The summed E-state index contributed by atoms with van der Waals surface area (Å²) in [7, 11) is 0. The van der Waals surface area contributed by atoms with E-state index in [0.29, 0.717) is 5.56 Å². The molecule has 1 aliphatic rings. The molecule has 0 atom stereocenters. The largest absolute Gasteiger partial charge is 0.349 e. The van der Waals surface area contributed by atoms with Crippen LogP contribution in [0.5, 0.6) is 0 Å². The van der Waals surface area contributed by atoms with Gasteiger partial charge < -0.3 is 5.32 Å². The molecule has 0 bridgehead atoms. The highest BCUT2D eigenvalue weighted by atomic mass is 35.5. The van der Waals surface area contributed by atoms with Crippen LogP contribution >= 0.6 is 11.6 Å². The van der Waals surface area contributed by atoms with Crippen LogP contribution in [0.3, 0.4) is 0 Å². The highest BCUT2D eigenvalue weighted by molar-refractivity contribution is 6.30. The lowest BCUT2D eigenvalue weighted by atomic mass is 9.93. The van der Waals surface area contributed by atoms with Gasteiger partial charge in [0.2, 0.25) is 0 Å². The third-order valence-electron chi connectivity index (χ3n) is 2.62. The highest BCUT2D eigenvalue weighted by Crippen LogP contribution is 2.20. The van der Waals surface area contributed by atoms with Crippen molar-refractivity contribution in [2.24, 2.45) is 0 Å². The number of rotatable bonds is 2. The van der Waals surface area contributed by atoms with E-state index in [1.807, 2.05) is 0 Å². The summed E-state index contributed by atoms with van der Waals surface area (Å²) in [6, 6.07) is 4.35. The van der Waals surface area contributed by atoms with Gasteiger partial charge >= 0.3 is 0 Å². The van der Waals surface area contributed by atoms with Crippen LogP contribution < -0.4 is 5.32 Å². The smallest absolute Gasteiger partial charge is 0.251 e. The second kappa shape index (κ2) is 4.19. The molecule has 80 valence electrons. The Balaban J connectivity index is 2.07. The third kappa shape index (κ3) is 2.29. The van der Waals surface area contributed by atoms with Crippen LogP contribution in [-0.2, 0) is 0 Å². The van der Waals surface area contributed by atoms with Gasteiger partial charge in [0.1, 0.15) is 5.82 Å². The fraction of sp³-hybridized carbons (Fsp3) is 0.364. The van der Waals surface area contributed by atoms with Crippen molar-refractivity contribution in [2.45, 2.75) is 25.3 Å². The summed E-state index contributed by atoms with van der Waals surface area (Å²) in [5.41, 5.74) is 0.323. The second-order valence-corrected chi connectivity index (χ2v) is 4.14. The number of benzene rings is 1. The number of hydrogen-bond acceptors (Lipinski definition) is 1. The van der Waals surface area contributed by atoms with Gasteiger partial charge in [-0.15, -0.1) is 0 Å². The van der Waals surface area contributed by atoms with Gasteiger partial charge in [-0.2, -0.15) is 0 Å². The maximum absolute atomic E-state index is 13.1. The van der Waals surface area contributed by atoms with Gasteiger partial charge in [-0.05, 0) is 37.5 Å². The average Bonchev–Trinajstić information content (AvgIpc) is 2.15. The molecular formula is C11H11ClFNO. The molecule has 0 radical (unpaired) electrons. The predicted octanol–water partition coefficient (Wildman–Crippen LogP) is 2.76. The molecule has 1 aliphatic carbocycles. The molecule has 0 aromatic heterocycles. The Morgan fingerprint density at radius 1 is 1.47 bits per heavy atom. The van der Waals surface area contributed by atoms with Gasteiger partial charge in [0, 0.05) is 11.6 Å². The lowest BCUT2D eigenvalue weighted by molar-refractivity contribution is 0.0916. The van der Waals surface area contributed by atoms with Crippen LogP contribution in [0.1, 0.15) is 29.6 Å². The molecule has 1 aromatic carbocycles. The van der Waals surface area contributed by atoms with Crippen LogP contribution in [0.15, 0.2) is 18.2 Å². The van der Waals surface area contributed by atoms with Crippen LogP contribution in [0.25, 0.3) is 0 Å². The van der Waals surface area contributed by atoms with Crippen molar-refractivity contribution in [3.05, 3.63) is 34.6 Å². The summed E-state index contributed by atoms with van der Waals surface area (Å²) in [6.45, 7) is 0. The van der Waals surface area contributed by atoms with E-state index >= 15 is 0 Å². The zero-order chi connectivity index (χ0) is 10.8. The fourth-order valence-corrected chi connectivity index (χ4v) is 1.58. The van der Waals surface area contributed by atoms with E-state index in [2.05, 4.69) is 5.32 Å². The molecule has 0 spiro atoms. The first-order chi connectivity index (χ1) is 7.16. The molecule has 2 rings (SSSR count). The Bertz CT molecular complexity index is 390. The zero-order valence-corrected chi connectivity index (χ0v) is 8.85. The van der Waals surface area contributed by atoms with Crippen molar-refractivity contribution in [2.75, 3.05) is 0 Å². The minimum atomic E-state index is -0.557. The molecule has 2 nitrogen and oxygen atoms in total. The molecule has 1 aromatic rings. The number of halogens is 2. The average molecular weight is 228 g/mol. The molecule has 1 fully saturated rings. The molecule has 0 heterocycles. The van der Waals surface area contributed by atoms with E-state index in [4.69, 9.17) is 11.6 Å². The molecule has 1 amide bonds. The quantitative estimate of drug-likeness (QED) is 0.827. The SMILES string of the molecule is O=C(NC1CCC1)c1ccc(Cl)c(F)c1. The predicted molar refractivity (Wildman–Crippen MR) is 56.5 cm³/mol. The normalized spacial score (nSPS) is 15.9. The Kier molecular flexibility index (Phi) is 2.91. The molecule has 1 saturated carbocycles. The Hall–Kier alpha value is -1.09. The monoisotopic (exact) mass is 227 g/mol. The maximum Gasteiger partial charge on any atom is 0.251 e. The van der Waals surface area contributed by atoms with Gasteiger partial charge in [-0.25, -0.2) is 4.39 Å². The Morgan fingerprint density at radius 3 is 2.73 bits per heavy atom. The van der Waals surface area contributed by atoms with Crippen LogP contribution in [0, 0.1) is 5.82 Å². The van der Waals surface area contributed by atoms with Crippen LogP contribution in [-0.4, -0.2) is 11.9 Å². The summed E-state index contributed by atoms with van der Waals surface area (Å²) in [5, 5.41) is 2.87. The van der Waals surface area contributed by atoms with E-state index in [-0.39, 0.29) is 17.0 Å². The van der Waals surface area contributed by atoms with Gasteiger partial charge in [0.05, 0.1) is 5.02 Å². The number of carbonyl (C=O) groups excluding carboxylic acids is 1. The van der Waals surface area contributed by atoms with E-state index in [0.717, 1.165) is 25.3 Å². The number of hydrogen-bond donors (Lipinski definition) is 1. The highest BCUT2D eigenvalue weighted by Gasteiger charge is 2.20. The van der Waals surface area contributed by atoms with Gasteiger partial charge in [-0.3, -0.25) is 4.79 Å². The lowest BCUT2D eigenvalue weighted by Crippen LogP contribution is -2.39. The van der Waals surface area contributed by atoms with Crippen LogP contribution in [0.2, 0.25) is 5.02 Å². The number of carbonyl (C=O) groups is 1.